The molecule has 0 aliphatic carbocycles. The van der Waals surface area contributed by atoms with Crippen molar-refractivity contribution in [2.75, 3.05) is 25.0 Å². The highest BCUT2D eigenvalue weighted by atomic mass is 35.5. The summed E-state index contributed by atoms with van der Waals surface area (Å²) in [6.07, 6.45) is 5.37. The quantitative estimate of drug-likeness (QED) is 0.810. The molecule has 140 valence electrons. The first-order valence-corrected chi connectivity index (χ1v) is 9.34. The van der Waals surface area contributed by atoms with Crippen LogP contribution in [-0.2, 0) is 13.0 Å². The number of amides is 2. The zero-order chi connectivity index (χ0) is 18.4. The summed E-state index contributed by atoms with van der Waals surface area (Å²) in [5.74, 6) is 0.341. The molecule has 8 heteroatoms. The van der Waals surface area contributed by atoms with Gasteiger partial charge >= 0.3 is 6.03 Å². The molecule has 2 heterocycles. The maximum atomic E-state index is 12.5. The summed E-state index contributed by atoms with van der Waals surface area (Å²) in [6, 6.07) is 7.12. The highest BCUT2D eigenvalue weighted by Crippen LogP contribution is 2.23. The van der Waals surface area contributed by atoms with E-state index in [1.807, 2.05) is 27.9 Å². The number of piperidine rings is 1. The van der Waals surface area contributed by atoms with Crippen LogP contribution in [0.15, 0.2) is 30.5 Å². The Balaban J connectivity index is 1.54. The number of carbonyl (C=O) groups is 1. The second-order valence-electron chi connectivity index (χ2n) is 6.62. The van der Waals surface area contributed by atoms with Gasteiger partial charge < -0.3 is 15.3 Å². The van der Waals surface area contributed by atoms with Crippen LogP contribution in [-0.4, -0.2) is 50.7 Å². The number of hydrogen-bond acceptors (Lipinski definition) is 4. The number of aryl methyl sites for hydroxylation is 1. The normalized spacial score (nSPS) is 17.3. The smallest absolute Gasteiger partial charge is 0.321 e. The number of urea groups is 1. The van der Waals surface area contributed by atoms with Crippen LogP contribution in [0.3, 0.4) is 0 Å². The molecular formula is C18H24ClN5O2. The minimum Gasteiger partial charge on any atom is -0.396 e. The molecule has 0 radical (unpaired) electrons. The Morgan fingerprint density at radius 2 is 2.23 bits per heavy atom. The van der Waals surface area contributed by atoms with Crippen LogP contribution in [0, 0.1) is 5.92 Å². The number of aromatic nitrogens is 3. The minimum atomic E-state index is -0.120. The van der Waals surface area contributed by atoms with Crippen molar-refractivity contribution in [3.63, 3.8) is 0 Å². The number of nitrogens with one attached hydrogen (secondary N) is 1. The fourth-order valence-electron chi connectivity index (χ4n) is 3.22. The van der Waals surface area contributed by atoms with Crippen LogP contribution in [0.2, 0.25) is 5.02 Å². The zero-order valence-corrected chi connectivity index (χ0v) is 15.4. The van der Waals surface area contributed by atoms with Crippen molar-refractivity contribution in [3.05, 3.63) is 41.2 Å². The molecule has 1 saturated heterocycles. The van der Waals surface area contributed by atoms with E-state index in [4.69, 9.17) is 16.7 Å². The number of nitrogens with zero attached hydrogens (tertiary/aromatic N) is 4. The number of aliphatic hydroxyl groups is 1. The fourth-order valence-corrected chi connectivity index (χ4v) is 3.41. The molecule has 1 aromatic carbocycles. The summed E-state index contributed by atoms with van der Waals surface area (Å²) in [5.41, 5.74) is 1.52. The monoisotopic (exact) mass is 377 g/mol. The van der Waals surface area contributed by atoms with Crippen molar-refractivity contribution < 1.29 is 9.90 Å². The number of carbonyl (C=O) groups excluding carboxylic acids is 1. The summed E-state index contributed by atoms with van der Waals surface area (Å²) < 4.78 is 1.84. The van der Waals surface area contributed by atoms with E-state index < -0.39 is 0 Å². The maximum Gasteiger partial charge on any atom is 0.321 e. The fraction of sp³-hybridized carbons (Fsp3) is 0.500. The number of rotatable bonds is 6. The molecule has 1 atom stereocenters. The van der Waals surface area contributed by atoms with E-state index in [0.29, 0.717) is 29.6 Å². The van der Waals surface area contributed by atoms with Gasteiger partial charge in [-0.3, -0.25) is 4.68 Å². The molecule has 3 rings (SSSR count). The SMILES string of the molecule is O=C(Nc1ccccc1Cl)N1CCCC(Cn2cc(CCCO)nn2)C1. The van der Waals surface area contributed by atoms with Gasteiger partial charge in [-0.05, 0) is 43.7 Å². The van der Waals surface area contributed by atoms with Crippen molar-refractivity contribution in [2.45, 2.75) is 32.2 Å². The Morgan fingerprint density at radius 1 is 1.38 bits per heavy atom. The molecule has 0 bridgehead atoms. The van der Waals surface area contributed by atoms with Crippen LogP contribution < -0.4 is 5.32 Å². The van der Waals surface area contributed by atoms with E-state index in [0.717, 1.165) is 38.0 Å². The van der Waals surface area contributed by atoms with Gasteiger partial charge in [0.15, 0.2) is 0 Å². The Labute approximate surface area is 157 Å². The van der Waals surface area contributed by atoms with E-state index >= 15 is 0 Å². The third-order valence-corrected chi connectivity index (χ3v) is 4.87. The molecule has 1 fully saturated rings. The van der Waals surface area contributed by atoms with E-state index in [-0.39, 0.29) is 12.6 Å². The highest BCUT2D eigenvalue weighted by Gasteiger charge is 2.24. The van der Waals surface area contributed by atoms with Crippen molar-refractivity contribution in [2.24, 2.45) is 5.92 Å². The molecule has 2 N–H and O–H groups in total. The summed E-state index contributed by atoms with van der Waals surface area (Å²) in [4.78, 5) is 14.4. The molecule has 1 aromatic heterocycles. The van der Waals surface area contributed by atoms with Crippen LogP contribution in [0.1, 0.15) is 25.0 Å². The van der Waals surface area contributed by atoms with E-state index in [2.05, 4.69) is 15.6 Å². The lowest BCUT2D eigenvalue weighted by Gasteiger charge is -2.32. The molecule has 26 heavy (non-hydrogen) atoms. The van der Waals surface area contributed by atoms with Crippen molar-refractivity contribution in [1.29, 1.82) is 0 Å². The van der Waals surface area contributed by atoms with Gasteiger partial charge in [0, 0.05) is 32.4 Å². The molecule has 1 aliphatic heterocycles. The molecule has 0 saturated carbocycles. The number of benzene rings is 1. The number of halogens is 1. The topological polar surface area (TPSA) is 83.3 Å². The van der Waals surface area contributed by atoms with Crippen molar-refractivity contribution in [1.82, 2.24) is 19.9 Å². The number of para-hydroxylation sites is 1. The van der Waals surface area contributed by atoms with Gasteiger partial charge in [0.05, 0.1) is 16.4 Å². The third-order valence-electron chi connectivity index (χ3n) is 4.54. The predicted octanol–water partition coefficient (Wildman–Crippen LogP) is 2.80. The molecule has 1 unspecified atom stereocenters. The average molecular weight is 378 g/mol. The number of hydrogen-bond donors (Lipinski definition) is 2. The van der Waals surface area contributed by atoms with Gasteiger partial charge in [-0.2, -0.15) is 0 Å². The molecule has 1 aliphatic rings. The van der Waals surface area contributed by atoms with Gasteiger partial charge in [0.2, 0.25) is 0 Å². The summed E-state index contributed by atoms with van der Waals surface area (Å²) in [7, 11) is 0. The summed E-state index contributed by atoms with van der Waals surface area (Å²) in [6.45, 7) is 2.32. The first-order valence-electron chi connectivity index (χ1n) is 8.96. The van der Waals surface area contributed by atoms with Gasteiger partial charge in [-0.15, -0.1) is 5.10 Å². The summed E-state index contributed by atoms with van der Waals surface area (Å²) in [5, 5.41) is 20.6. The molecule has 2 aromatic rings. The van der Waals surface area contributed by atoms with E-state index in [9.17, 15) is 4.79 Å². The Kier molecular flexibility index (Phi) is 6.46. The van der Waals surface area contributed by atoms with Gasteiger partial charge in [0.25, 0.3) is 0 Å². The van der Waals surface area contributed by atoms with Crippen molar-refractivity contribution in [3.8, 4) is 0 Å². The lowest BCUT2D eigenvalue weighted by Crippen LogP contribution is -2.43. The number of anilines is 1. The second kappa shape index (κ2) is 9.00. The summed E-state index contributed by atoms with van der Waals surface area (Å²) >= 11 is 6.11. The lowest BCUT2D eigenvalue weighted by atomic mass is 9.98. The second-order valence-corrected chi connectivity index (χ2v) is 7.03. The van der Waals surface area contributed by atoms with Crippen LogP contribution in [0.5, 0.6) is 0 Å². The molecule has 0 spiro atoms. The van der Waals surface area contributed by atoms with Gasteiger partial charge in [-0.25, -0.2) is 4.79 Å². The first kappa shape index (κ1) is 18.7. The zero-order valence-electron chi connectivity index (χ0n) is 14.6. The highest BCUT2D eigenvalue weighted by molar-refractivity contribution is 6.33. The van der Waals surface area contributed by atoms with Crippen molar-refractivity contribution >= 4 is 23.3 Å². The maximum absolute atomic E-state index is 12.5. The Hall–Kier alpha value is -2.12. The average Bonchev–Trinajstić information content (AvgIpc) is 3.09. The first-order chi connectivity index (χ1) is 12.7. The predicted molar refractivity (Wildman–Crippen MR) is 100 cm³/mol. The Morgan fingerprint density at radius 3 is 3.04 bits per heavy atom. The molecular weight excluding hydrogens is 354 g/mol. The largest absolute Gasteiger partial charge is 0.396 e. The van der Waals surface area contributed by atoms with Crippen LogP contribution >= 0.6 is 11.6 Å². The number of aliphatic hydroxyl groups excluding tert-OH is 1. The van der Waals surface area contributed by atoms with E-state index in [1.54, 1.807) is 12.1 Å². The molecule has 7 nitrogen and oxygen atoms in total. The standard InChI is InChI=1S/C18H24ClN5O2/c19-16-7-1-2-8-17(16)20-18(26)23-9-3-5-14(11-23)12-24-13-15(21-22-24)6-4-10-25/h1-2,7-8,13-14,25H,3-6,9-12H2,(H,20,26). The lowest BCUT2D eigenvalue weighted by molar-refractivity contribution is 0.168. The van der Waals surface area contributed by atoms with E-state index in [1.165, 1.54) is 0 Å². The number of likely N-dealkylation sites (tertiary alicyclic amines) is 1. The van der Waals surface area contributed by atoms with Crippen LogP contribution in [0.25, 0.3) is 0 Å². The molecule has 2 amide bonds. The Bertz CT molecular complexity index is 736. The van der Waals surface area contributed by atoms with Gasteiger partial charge in [0.1, 0.15) is 0 Å². The van der Waals surface area contributed by atoms with Gasteiger partial charge in [-0.1, -0.05) is 28.9 Å². The third kappa shape index (κ3) is 4.95. The minimum absolute atomic E-state index is 0.120. The van der Waals surface area contributed by atoms with Crippen LogP contribution in [0.4, 0.5) is 10.5 Å².